The minimum absolute atomic E-state index is 0.127. The highest BCUT2D eigenvalue weighted by Crippen LogP contribution is 2.30. The Balaban J connectivity index is 1.55. The Hall–Kier alpha value is -1.36. The molecule has 92 valence electrons. The number of nitrogens with one attached hydrogen (secondary N) is 1. The topological polar surface area (TPSA) is 56.2 Å². The van der Waals surface area contributed by atoms with Gasteiger partial charge in [0.2, 0.25) is 5.91 Å². The lowest BCUT2D eigenvalue weighted by Crippen LogP contribution is -2.15. The van der Waals surface area contributed by atoms with Gasteiger partial charge in [-0.1, -0.05) is 0 Å². The summed E-state index contributed by atoms with van der Waals surface area (Å²) in [5, 5.41) is 7.12. The Morgan fingerprint density at radius 3 is 3.12 bits per heavy atom. The molecule has 2 fully saturated rings. The minimum atomic E-state index is 0.127. The maximum atomic E-state index is 11.6. The molecule has 1 aromatic rings. The molecule has 1 saturated carbocycles. The SMILES string of the molecule is O=C(Nc1cnn(CC2CCCO2)c1)C1CC1. The molecule has 5 heteroatoms. The largest absolute Gasteiger partial charge is 0.376 e. The van der Waals surface area contributed by atoms with Gasteiger partial charge in [0, 0.05) is 18.7 Å². The summed E-state index contributed by atoms with van der Waals surface area (Å²) in [7, 11) is 0. The Bertz CT molecular complexity index is 406. The van der Waals surface area contributed by atoms with E-state index < -0.39 is 0 Å². The van der Waals surface area contributed by atoms with E-state index in [9.17, 15) is 4.79 Å². The van der Waals surface area contributed by atoms with Crippen molar-refractivity contribution < 1.29 is 9.53 Å². The van der Waals surface area contributed by atoms with Crippen molar-refractivity contribution in [2.24, 2.45) is 5.92 Å². The molecule has 17 heavy (non-hydrogen) atoms. The van der Waals surface area contributed by atoms with Crippen molar-refractivity contribution in [1.29, 1.82) is 0 Å². The Morgan fingerprint density at radius 1 is 1.53 bits per heavy atom. The zero-order valence-electron chi connectivity index (χ0n) is 9.76. The van der Waals surface area contributed by atoms with Crippen LogP contribution in [0.5, 0.6) is 0 Å². The molecule has 1 amide bonds. The fourth-order valence-corrected chi connectivity index (χ4v) is 2.11. The number of carbonyl (C=O) groups is 1. The maximum absolute atomic E-state index is 11.6. The molecule has 0 radical (unpaired) electrons. The second-order valence-corrected chi connectivity index (χ2v) is 4.85. The molecule has 0 aromatic carbocycles. The summed E-state index contributed by atoms with van der Waals surface area (Å²) in [5.74, 6) is 0.359. The van der Waals surface area contributed by atoms with Gasteiger partial charge in [0.05, 0.1) is 24.5 Å². The molecule has 2 aliphatic rings. The van der Waals surface area contributed by atoms with E-state index in [0.717, 1.165) is 44.5 Å². The van der Waals surface area contributed by atoms with Gasteiger partial charge in [-0.25, -0.2) is 0 Å². The molecule has 0 spiro atoms. The van der Waals surface area contributed by atoms with Crippen LogP contribution in [0.2, 0.25) is 0 Å². The summed E-state index contributed by atoms with van der Waals surface area (Å²) in [5.41, 5.74) is 0.792. The van der Waals surface area contributed by atoms with E-state index in [0.29, 0.717) is 0 Å². The van der Waals surface area contributed by atoms with Gasteiger partial charge in [0.1, 0.15) is 0 Å². The van der Waals surface area contributed by atoms with Crippen molar-refractivity contribution in [3.63, 3.8) is 0 Å². The van der Waals surface area contributed by atoms with E-state index in [2.05, 4.69) is 10.4 Å². The normalized spacial score (nSPS) is 23.9. The molecule has 1 aliphatic carbocycles. The van der Waals surface area contributed by atoms with E-state index in [1.54, 1.807) is 6.20 Å². The van der Waals surface area contributed by atoms with Gasteiger partial charge < -0.3 is 10.1 Å². The van der Waals surface area contributed by atoms with Crippen LogP contribution < -0.4 is 5.32 Å². The summed E-state index contributed by atoms with van der Waals surface area (Å²) in [4.78, 5) is 11.6. The number of aromatic nitrogens is 2. The third kappa shape index (κ3) is 2.66. The highest BCUT2D eigenvalue weighted by molar-refractivity contribution is 5.93. The molecule has 0 bridgehead atoms. The van der Waals surface area contributed by atoms with Crippen LogP contribution in [0, 0.1) is 5.92 Å². The second-order valence-electron chi connectivity index (χ2n) is 4.85. The van der Waals surface area contributed by atoms with Gasteiger partial charge in [0.25, 0.3) is 0 Å². The quantitative estimate of drug-likeness (QED) is 0.858. The summed E-state index contributed by atoms with van der Waals surface area (Å²) in [6.07, 6.45) is 8.14. The smallest absolute Gasteiger partial charge is 0.227 e. The zero-order valence-corrected chi connectivity index (χ0v) is 9.76. The predicted octanol–water partition coefficient (Wildman–Crippen LogP) is 1.41. The van der Waals surface area contributed by atoms with Crippen LogP contribution in [-0.2, 0) is 16.1 Å². The number of nitrogens with zero attached hydrogens (tertiary/aromatic N) is 2. The van der Waals surface area contributed by atoms with Crippen molar-refractivity contribution in [2.75, 3.05) is 11.9 Å². The molecule has 2 heterocycles. The Morgan fingerprint density at radius 2 is 2.41 bits per heavy atom. The lowest BCUT2D eigenvalue weighted by atomic mass is 10.2. The molecular weight excluding hydrogens is 218 g/mol. The maximum Gasteiger partial charge on any atom is 0.227 e. The molecule has 5 nitrogen and oxygen atoms in total. The van der Waals surface area contributed by atoms with Crippen LogP contribution in [0.1, 0.15) is 25.7 Å². The number of ether oxygens (including phenoxy) is 1. The lowest BCUT2D eigenvalue weighted by Gasteiger charge is -2.08. The molecule has 1 aliphatic heterocycles. The summed E-state index contributed by atoms with van der Waals surface area (Å²) in [6, 6.07) is 0. The van der Waals surface area contributed by atoms with Crippen molar-refractivity contribution in [3.8, 4) is 0 Å². The van der Waals surface area contributed by atoms with Crippen LogP contribution in [0.3, 0.4) is 0 Å². The van der Waals surface area contributed by atoms with Gasteiger partial charge >= 0.3 is 0 Å². The van der Waals surface area contributed by atoms with Gasteiger partial charge in [-0.15, -0.1) is 0 Å². The van der Waals surface area contributed by atoms with Crippen molar-refractivity contribution in [3.05, 3.63) is 12.4 Å². The number of anilines is 1. The van der Waals surface area contributed by atoms with Crippen LogP contribution in [0.15, 0.2) is 12.4 Å². The number of amides is 1. The third-order valence-electron chi connectivity index (χ3n) is 3.26. The molecule has 1 N–H and O–H groups in total. The highest BCUT2D eigenvalue weighted by atomic mass is 16.5. The molecule has 3 rings (SSSR count). The fourth-order valence-electron chi connectivity index (χ4n) is 2.11. The zero-order chi connectivity index (χ0) is 11.7. The van der Waals surface area contributed by atoms with Gasteiger partial charge in [-0.05, 0) is 25.7 Å². The van der Waals surface area contributed by atoms with Gasteiger partial charge in [-0.2, -0.15) is 5.10 Å². The van der Waals surface area contributed by atoms with Crippen molar-refractivity contribution in [2.45, 2.75) is 38.3 Å². The van der Waals surface area contributed by atoms with Crippen molar-refractivity contribution in [1.82, 2.24) is 9.78 Å². The molecular formula is C12H17N3O2. The molecule has 1 atom stereocenters. The first kappa shape index (κ1) is 10.8. The third-order valence-corrected chi connectivity index (χ3v) is 3.26. The first-order chi connectivity index (χ1) is 8.31. The number of rotatable bonds is 4. The Labute approximate surface area is 100 Å². The Kier molecular flexibility index (Phi) is 2.84. The van der Waals surface area contributed by atoms with E-state index in [1.165, 1.54) is 0 Å². The summed E-state index contributed by atoms with van der Waals surface area (Å²) < 4.78 is 7.39. The van der Waals surface area contributed by atoms with E-state index >= 15 is 0 Å². The van der Waals surface area contributed by atoms with Crippen molar-refractivity contribution >= 4 is 11.6 Å². The second kappa shape index (κ2) is 4.49. The predicted molar refractivity (Wildman–Crippen MR) is 62.6 cm³/mol. The van der Waals surface area contributed by atoms with Crippen LogP contribution in [-0.4, -0.2) is 28.4 Å². The number of hydrogen-bond acceptors (Lipinski definition) is 3. The highest BCUT2D eigenvalue weighted by Gasteiger charge is 2.29. The van der Waals surface area contributed by atoms with E-state index in [4.69, 9.17) is 4.74 Å². The monoisotopic (exact) mass is 235 g/mol. The van der Waals surface area contributed by atoms with Gasteiger partial charge in [0.15, 0.2) is 0 Å². The summed E-state index contributed by atoms with van der Waals surface area (Å²) >= 11 is 0. The minimum Gasteiger partial charge on any atom is -0.376 e. The molecule has 1 aromatic heterocycles. The first-order valence-corrected chi connectivity index (χ1v) is 6.26. The van der Waals surface area contributed by atoms with Crippen LogP contribution in [0.4, 0.5) is 5.69 Å². The number of hydrogen-bond donors (Lipinski definition) is 1. The first-order valence-electron chi connectivity index (χ1n) is 6.26. The lowest BCUT2D eigenvalue weighted by molar-refractivity contribution is -0.117. The fraction of sp³-hybridized carbons (Fsp3) is 0.667. The standard InChI is InChI=1S/C12H17N3O2/c16-12(9-3-4-9)14-10-6-13-15(7-10)8-11-2-1-5-17-11/h6-7,9,11H,1-5,8H2,(H,14,16). The van der Waals surface area contributed by atoms with Crippen LogP contribution >= 0.6 is 0 Å². The average molecular weight is 235 g/mol. The van der Waals surface area contributed by atoms with E-state index in [1.807, 2.05) is 10.9 Å². The number of carbonyl (C=O) groups excluding carboxylic acids is 1. The van der Waals surface area contributed by atoms with Crippen LogP contribution in [0.25, 0.3) is 0 Å². The molecule has 1 unspecified atom stereocenters. The van der Waals surface area contributed by atoms with Gasteiger partial charge in [-0.3, -0.25) is 9.48 Å². The van der Waals surface area contributed by atoms with E-state index in [-0.39, 0.29) is 17.9 Å². The average Bonchev–Trinajstić information content (AvgIpc) is 2.89. The molecule has 1 saturated heterocycles. The summed E-state index contributed by atoms with van der Waals surface area (Å²) in [6.45, 7) is 1.64.